The normalized spacial score (nSPS) is 36.9. The molecule has 1 atom stereocenters. The van der Waals surface area contributed by atoms with Gasteiger partial charge in [-0.2, -0.15) is 0 Å². The minimum Gasteiger partial charge on any atom is -0.495 e. The summed E-state index contributed by atoms with van der Waals surface area (Å²) in [7, 11) is 1.68. The van der Waals surface area contributed by atoms with Crippen LogP contribution in [0.3, 0.4) is 0 Å². The van der Waals surface area contributed by atoms with Gasteiger partial charge in [0.25, 0.3) is 0 Å². The highest BCUT2D eigenvalue weighted by Gasteiger charge is 2.54. The smallest absolute Gasteiger partial charge is 0.142 e. The van der Waals surface area contributed by atoms with E-state index in [1.807, 2.05) is 24.3 Å². The van der Waals surface area contributed by atoms with Gasteiger partial charge >= 0.3 is 0 Å². The second-order valence-corrected chi connectivity index (χ2v) is 7.74. The van der Waals surface area contributed by atoms with E-state index < -0.39 is 0 Å². The van der Waals surface area contributed by atoms with E-state index in [0.29, 0.717) is 0 Å². The van der Waals surface area contributed by atoms with Crippen molar-refractivity contribution in [2.45, 2.75) is 44.6 Å². The van der Waals surface area contributed by atoms with Gasteiger partial charge in [0.05, 0.1) is 18.8 Å². The summed E-state index contributed by atoms with van der Waals surface area (Å²) in [5, 5.41) is 3.51. The number of carbonyl (C=O) groups excluding carboxylic acids is 1. The first-order valence-electron chi connectivity index (χ1n) is 8.57. The van der Waals surface area contributed by atoms with Crippen LogP contribution in [0.5, 0.6) is 5.75 Å². The molecule has 4 aliphatic carbocycles. The average molecular weight is 299 g/mol. The number of nitrogens with one attached hydrogen (secondary N) is 1. The molecule has 0 aromatic heterocycles. The van der Waals surface area contributed by atoms with Crippen LogP contribution in [0, 0.1) is 23.2 Å². The van der Waals surface area contributed by atoms with E-state index in [0.717, 1.165) is 35.5 Å². The molecule has 5 rings (SSSR count). The van der Waals surface area contributed by atoms with Crippen molar-refractivity contribution in [3.05, 3.63) is 24.3 Å². The fraction of sp³-hybridized carbons (Fsp3) is 0.632. The molecule has 1 unspecified atom stereocenters. The fourth-order valence-corrected chi connectivity index (χ4v) is 5.82. The van der Waals surface area contributed by atoms with Gasteiger partial charge in [0.1, 0.15) is 12.0 Å². The number of benzene rings is 1. The van der Waals surface area contributed by atoms with Crippen molar-refractivity contribution < 1.29 is 9.53 Å². The Morgan fingerprint density at radius 3 is 2.27 bits per heavy atom. The molecule has 0 saturated heterocycles. The van der Waals surface area contributed by atoms with Crippen LogP contribution in [-0.4, -0.2) is 19.4 Å². The number of aldehydes is 1. The number of methoxy groups -OCH3 is 1. The van der Waals surface area contributed by atoms with E-state index in [9.17, 15) is 4.79 Å². The minimum atomic E-state index is -0.0859. The molecule has 4 saturated carbocycles. The Bertz CT molecular complexity index is 533. The summed E-state index contributed by atoms with van der Waals surface area (Å²) in [5.41, 5.74) is 1.12. The van der Waals surface area contributed by atoms with Crippen LogP contribution >= 0.6 is 0 Å². The van der Waals surface area contributed by atoms with Crippen LogP contribution in [-0.2, 0) is 4.79 Å². The standard InChI is InChI=1S/C19H25NO2/c1-22-17-5-3-2-4-16(17)20-18(12-21)19-9-13-6-14(10-19)8-15(7-13)11-19/h2-5,12-15,18,20H,6-11H2,1H3. The molecule has 1 aromatic carbocycles. The van der Waals surface area contributed by atoms with Gasteiger partial charge in [0.15, 0.2) is 0 Å². The minimum absolute atomic E-state index is 0.0859. The van der Waals surface area contributed by atoms with E-state index in [2.05, 4.69) is 5.32 Å². The van der Waals surface area contributed by atoms with Gasteiger partial charge in [-0.25, -0.2) is 0 Å². The summed E-state index contributed by atoms with van der Waals surface area (Å²) in [6.07, 6.45) is 9.04. The lowest BCUT2D eigenvalue weighted by atomic mass is 9.48. The van der Waals surface area contributed by atoms with Gasteiger partial charge in [-0.05, 0) is 73.8 Å². The van der Waals surface area contributed by atoms with Crippen molar-refractivity contribution in [3.63, 3.8) is 0 Å². The molecule has 3 nitrogen and oxygen atoms in total. The van der Waals surface area contributed by atoms with Crippen molar-refractivity contribution in [1.29, 1.82) is 0 Å². The van der Waals surface area contributed by atoms with E-state index >= 15 is 0 Å². The fourth-order valence-electron chi connectivity index (χ4n) is 5.82. The summed E-state index contributed by atoms with van der Waals surface area (Å²) >= 11 is 0. The Hall–Kier alpha value is -1.51. The molecule has 4 bridgehead atoms. The highest BCUT2D eigenvalue weighted by Crippen LogP contribution is 2.61. The highest BCUT2D eigenvalue weighted by molar-refractivity contribution is 5.69. The second-order valence-electron chi connectivity index (χ2n) is 7.74. The number of ether oxygens (including phenoxy) is 1. The predicted octanol–water partition coefficient (Wildman–Crippen LogP) is 3.89. The van der Waals surface area contributed by atoms with E-state index in [-0.39, 0.29) is 11.5 Å². The topological polar surface area (TPSA) is 38.3 Å². The molecule has 1 aromatic rings. The number of anilines is 1. The van der Waals surface area contributed by atoms with Gasteiger partial charge in [0.2, 0.25) is 0 Å². The van der Waals surface area contributed by atoms with Crippen molar-refractivity contribution >= 4 is 12.0 Å². The molecule has 4 fully saturated rings. The molecule has 0 aliphatic heterocycles. The first kappa shape index (κ1) is 14.1. The molecular weight excluding hydrogens is 274 g/mol. The molecule has 3 heteroatoms. The van der Waals surface area contributed by atoms with Gasteiger partial charge in [-0.15, -0.1) is 0 Å². The van der Waals surface area contributed by atoms with Crippen LogP contribution in [0.15, 0.2) is 24.3 Å². The Kier molecular flexibility index (Phi) is 3.39. The van der Waals surface area contributed by atoms with Gasteiger partial charge in [0, 0.05) is 0 Å². The lowest BCUT2D eigenvalue weighted by Gasteiger charge is -2.58. The summed E-state index contributed by atoms with van der Waals surface area (Å²) in [4.78, 5) is 11.9. The third-order valence-electron chi connectivity index (χ3n) is 6.30. The zero-order valence-corrected chi connectivity index (χ0v) is 13.3. The van der Waals surface area contributed by atoms with E-state index in [1.54, 1.807) is 7.11 Å². The summed E-state index contributed by atoms with van der Waals surface area (Å²) in [6.45, 7) is 0. The predicted molar refractivity (Wildman–Crippen MR) is 87.1 cm³/mol. The Balaban J connectivity index is 1.61. The number of para-hydroxylation sites is 2. The maximum absolute atomic E-state index is 11.9. The quantitative estimate of drug-likeness (QED) is 0.838. The third-order valence-corrected chi connectivity index (χ3v) is 6.30. The first-order valence-corrected chi connectivity index (χ1v) is 8.57. The van der Waals surface area contributed by atoms with E-state index in [4.69, 9.17) is 4.74 Å². The second kappa shape index (κ2) is 5.29. The van der Waals surface area contributed by atoms with Crippen molar-refractivity contribution in [2.75, 3.05) is 12.4 Å². The molecule has 0 heterocycles. The van der Waals surface area contributed by atoms with Crippen molar-refractivity contribution in [2.24, 2.45) is 23.2 Å². The van der Waals surface area contributed by atoms with Crippen LogP contribution in [0.25, 0.3) is 0 Å². The van der Waals surface area contributed by atoms with Crippen LogP contribution < -0.4 is 10.1 Å². The average Bonchev–Trinajstić information content (AvgIpc) is 2.51. The van der Waals surface area contributed by atoms with Gasteiger partial charge in [-0.1, -0.05) is 12.1 Å². The number of rotatable bonds is 5. The van der Waals surface area contributed by atoms with Crippen molar-refractivity contribution in [3.8, 4) is 5.75 Å². The van der Waals surface area contributed by atoms with E-state index in [1.165, 1.54) is 38.5 Å². The monoisotopic (exact) mass is 299 g/mol. The maximum Gasteiger partial charge on any atom is 0.142 e. The van der Waals surface area contributed by atoms with Gasteiger partial charge < -0.3 is 14.8 Å². The van der Waals surface area contributed by atoms with Crippen molar-refractivity contribution in [1.82, 2.24) is 0 Å². The third kappa shape index (κ3) is 2.22. The Morgan fingerprint density at radius 1 is 1.14 bits per heavy atom. The first-order chi connectivity index (χ1) is 10.7. The number of hydrogen-bond donors (Lipinski definition) is 1. The largest absolute Gasteiger partial charge is 0.495 e. The lowest BCUT2D eigenvalue weighted by molar-refractivity contribution is -0.118. The zero-order valence-electron chi connectivity index (χ0n) is 13.3. The summed E-state index contributed by atoms with van der Waals surface area (Å²) in [5.74, 6) is 3.38. The van der Waals surface area contributed by atoms with Crippen LogP contribution in [0.4, 0.5) is 5.69 Å². The number of hydrogen-bond acceptors (Lipinski definition) is 3. The number of carbonyl (C=O) groups is 1. The molecular formula is C19H25NO2. The Labute approximate surface area is 132 Å². The van der Waals surface area contributed by atoms with Crippen LogP contribution in [0.2, 0.25) is 0 Å². The molecule has 1 N–H and O–H groups in total. The maximum atomic E-state index is 11.9. The molecule has 22 heavy (non-hydrogen) atoms. The van der Waals surface area contributed by atoms with Gasteiger partial charge in [-0.3, -0.25) is 0 Å². The molecule has 4 aliphatic rings. The molecule has 0 spiro atoms. The molecule has 0 radical (unpaired) electrons. The molecule has 0 amide bonds. The lowest BCUT2D eigenvalue weighted by Crippen LogP contribution is -2.54. The Morgan fingerprint density at radius 2 is 1.73 bits per heavy atom. The summed E-state index contributed by atoms with van der Waals surface area (Å²) in [6, 6.07) is 7.83. The zero-order chi connectivity index (χ0) is 15.2. The highest BCUT2D eigenvalue weighted by atomic mass is 16.5. The SMILES string of the molecule is COc1ccccc1NC(C=O)C12CC3CC(CC(C3)C1)C2. The van der Waals surface area contributed by atoms with Crippen LogP contribution in [0.1, 0.15) is 38.5 Å². The summed E-state index contributed by atoms with van der Waals surface area (Å²) < 4.78 is 5.43. The molecule has 118 valence electrons.